The minimum absolute atomic E-state index is 0.316. The highest BCUT2D eigenvalue weighted by Gasteiger charge is 2.02. The first-order valence-corrected chi connectivity index (χ1v) is 7.13. The molecule has 2 N–H and O–H groups in total. The number of carboxylic acids is 1. The van der Waals surface area contributed by atoms with Crippen molar-refractivity contribution in [2.45, 2.75) is 20.0 Å². The van der Waals surface area contributed by atoms with Crippen LogP contribution in [0.5, 0.6) is 0 Å². The van der Waals surface area contributed by atoms with Crippen molar-refractivity contribution in [1.29, 1.82) is 0 Å². The predicted octanol–water partition coefficient (Wildman–Crippen LogP) is 3.75. The normalized spacial score (nSPS) is 10.5. The average Bonchev–Trinajstić information content (AvgIpc) is 2.43. The van der Waals surface area contributed by atoms with Gasteiger partial charge in [0.25, 0.3) is 0 Å². The van der Waals surface area contributed by atoms with Crippen LogP contribution in [-0.2, 0) is 13.1 Å². The van der Waals surface area contributed by atoms with E-state index >= 15 is 0 Å². The third-order valence-corrected chi connectivity index (χ3v) is 3.65. The maximum absolute atomic E-state index is 10.8. The van der Waals surface area contributed by atoms with Crippen molar-refractivity contribution in [3.63, 3.8) is 0 Å². The van der Waals surface area contributed by atoms with Crippen LogP contribution in [0.25, 0.3) is 0 Å². The van der Waals surface area contributed by atoms with Crippen LogP contribution in [0.4, 0.5) is 0 Å². The first-order chi connectivity index (χ1) is 9.56. The van der Waals surface area contributed by atoms with Gasteiger partial charge in [-0.25, -0.2) is 4.79 Å². The lowest BCUT2D eigenvalue weighted by Crippen LogP contribution is -2.13. The topological polar surface area (TPSA) is 49.3 Å². The van der Waals surface area contributed by atoms with Gasteiger partial charge in [-0.15, -0.1) is 0 Å². The second-order valence-corrected chi connectivity index (χ2v) is 5.59. The van der Waals surface area contributed by atoms with Gasteiger partial charge >= 0.3 is 5.97 Å². The largest absolute Gasteiger partial charge is 0.478 e. The third-order valence-electron chi connectivity index (χ3n) is 3.16. The Morgan fingerprint density at radius 2 is 1.85 bits per heavy atom. The molecule has 4 heteroatoms. The number of rotatable bonds is 5. The molecule has 104 valence electrons. The van der Waals surface area contributed by atoms with Gasteiger partial charge in [0.15, 0.2) is 0 Å². The van der Waals surface area contributed by atoms with E-state index in [-0.39, 0.29) is 0 Å². The Bertz CT molecular complexity index is 608. The van der Waals surface area contributed by atoms with E-state index in [0.717, 1.165) is 16.6 Å². The first kappa shape index (κ1) is 14.8. The quantitative estimate of drug-likeness (QED) is 0.876. The molecule has 0 fully saturated rings. The van der Waals surface area contributed by atoms with E-state index in [1.807, 2.05) is 18.2 Å². The number of aryl methyl sites for hydroxylation is 1. The lowest BCUT2D eigenvalue weighted by molar-refractivity contribution is 0.0697. The van der Waals surface area contributed by atoms with Crippen molar-refractivity contribution >= 4 is 21.9 Å². The van der Waals surface area contributed by atoms with Crippen LogP contribution >= 0.6 is 15.9 Å². The van der Waals surface area contributed by atoms with Crippen molar-refractivity contribution in [2.24, 2.45) is 0 Å². The van der Waals surface area contributed by atoms with Crippen molar-refractivity contribution in [2.75, 3.05) is 0 Å². The average molecular weight is 334 g/mol. The number of halogens is 1. The summed E-state index contributed by atoms with van der Waals surface area (Å²) in [7, 11) is 0. The molecule has 3 nitrogen and oxygen atoms in total. The number of carbonyl (C=O) groups is 1. The molecule has 0 amide bonds. The smallest absolute Gasteiger partial charge is 0.335 e. The second kappa shape index (κ2) is 6.68. The van der Waals surface area contributed by atoms with E-state index in [1.54, 1.807) is 12.1 Å². The van der Waals surface area contributed by atoms with E-state index in [0.29, 0.717) is 12.1 Å². The summed E-state index contributed by atoms with van der Waals surface area (Å²) in [5, 5.41) is 12.2. The highest BCUT2D eigenvalue weighted by atomic mass is 79.9. The summed E-state index contributed by atoms with van der Waals surface area (Å²) in [6.45, 7) is 3.59. The van der Waals surface area contributed by atoms with Gasteiger partial charge in [0, 0.05) is 17.6 Å². The molecule has 0 bridgehead atoms. The van der Waals surface area contributed by atoms with Crippen LogP contribution in [-0.4, -0.2) is 11.1 Å². The Hall–Kier alpha value is -1.65. The molecule has 0 aliphatic heterocycles. The number of aromatic carboxylic acids is 1. The van der Waals surface area contributed by atoms with E-state index in [9.17, 15) is 4.79 Å². The summed E-state index contributed by atoms with van der Waals surface area (Å²) in [5.74, 6) is -0.894. The van der Waals surface area contributed by atoms with Crippen molar-refractivity contribution in [3.05, 3.63) is 69.2 Å². The molecule has 0 heterocycles. The summed E-state index contributed by atoms with van der Waals surface area (Å²) in [4.78, 5) is 10.8. The van der Waals surface area contributed by atoms with Crippen molar-refractivity contribution in [1.82, 2.24) is 5.32 Å². The summed E-state index contributed by atoms with van der Waals surface area (Å²) in [5.41, 5.74) is 3.89. The fourth-order valence-electron chi connectivity index (χ4n) is 1.94. The summed E-state index contributed by atoms with van der Waals surface area (Å²) < 4.78 is 1.07. The Morgan fingerprint density at radius 3 is 2.50 bits per heavy atom. The van der Waals surface area contributed by atoms with Gasteiger partial charge in [-0.1, -0.05) is 34.1 Å². The van der Waals surface area contributed by atoms with Gasteiger partial charge in [0.1, 0.15) is 0 Å². The highest BCUT2D eigenvalue weighted by molar-refractivity contribution is 9.10. The van der Waals surface area contributed by atoms with E-state index in [2.05, 4.69) is 40.3 Å². The molecule has 2 aromatic carbocycles. The van der Waals surface area contributed by atoms with Gasteiger partial charge < -0.3 is 10.4 Å². The van der Waals surface area contributed by atoms with Crippen LogP contribution in [0.1, 0.15) is 27.0 Å². The summed E-state index contributed by atoms with van der Waals surface area (Å²) in [6, 6.07) is 13.2. The number of benzene rings is 2. The Labute approximate surface area is 126 Å². The fourth-order valence-corrected chi connectivity index (χ4v) is 2.35. The van der Waals surface area contributed by atoms with Gasteiger partial charge in [-0.3, -0.25) is 0 Å². The molecule has 0 aliphatic rings. The Balaban J connectivity index is 1.92. The lowest BCUT2D eigenvalue weighted by atomic mass is 10.1. The van der Waals surface area contributed by atoms with Crippen LogP contribution < -0.4 is 5.32 Å². The minimum atomic E-state index is -0.894. The van der Waals surface area contributed by atoms with Gasteiger partial charge in [-0.2, -0.15) is 0 Å². The number of hydrogen-bond donors (Lipinski definition) is 2. The zero-order valence-electron chi connectivity index (χ0n) is 11.2. The molecule has 0 radical (unpaired) electrons. The fraction of sp³-hybridized carbons (Fsp3) is 0.188. The summed E-state index contributed by atoms with van der Waals surface area (Å²) in [6.07, 6.45) is 0. The monoisotopic (exact) mass is 333 g/mol. The molecule has 20 heavy (non-hydrogen) atoms. The zero-order chi connectivity index (χ0) is 14.5. The highest BCUT2D eigenvalue weighted by Crippen LogP contribution is 2.16. The maximum Gasteiger partial charge on any atom is 0.335 e. The SMILES string of the molecule is Cc1ccc(Br)cc1CNCc1ccc(C(=O)O)cc1. The maximum atomic E-state index is 10.8. The number of nitrogens with one attached hydrogen (secondary N) is 1. The molecule has 2 aromatic rings. The molecule has 0 aliphatic carbocycles. The first-order valence-electron chi connectivity index (χ1n) is 6.34. The van der Waals surface area contributed by atoms with Crippen LogP contribution in [0, 0.1) is 6.92 Å². The molecule has 0 spiro atoms. The lowest BCUT2D eigenvalue weighted by Gasteiger charge is -2.09. The van der Waals surface area contributed by atoms with Gasteiger partial charge in [-0.05, 0) is 47.9 Å². The van der Waals surface area contributed by atoms with Gasteiger partial charge in [0.2, 0.25) is 0 Å². The zero-order valence-corrected chi connectivity index (χ0v) is 12.8. The Morgan fingerprint density at radius 1 is 1.15 bits per heavy atom. The van der Waals surface area contributed by atoms with Crippen LogP contribution in [0.2, 0.25) is 0 Å². The molecule has 0 saturated heterocycles. The summed E-state index contributed by atoms with van der Waals surface area (Å²) >= 11 is 3.47. The van der Waals surface area contributed by atoms with Crippen LogP contribution in [0.3, 0.4) is 0 Å². The molecule has 0 atom stereocenters. The molecular weight excluding hydrogens is 318 g/mol. The van der Waals surface area contributed by atoms with Crippen molar-refractivity contribution < 1.29 is 9.90 Å². The van der Waals surface area contributed by atoms with E-state index in [1.165, 1.54) is 11.1 Å². The standard InChI is InChI=1S/C16H16BrNO2/c1-11-2-7-15(17)8-14(11)10-18-9-12-3-5-13(6-4-12)16(19)20/h2-8,18H,9-10H2,1H3,(H,19,20). The van der Waals surface area contributed by atoms with E-state index < -0.39 is 5.97 Å². The molecule has 2 rings (SSSR count). The number of hydrogen-bond acceptors (Lipinski definition) is 2. The van der Waals surface area contributed by atoms with Gasteiger partial charge in [0.05, 0.1) is 5.56 Å². The molecule has 0 unspecified atom stereocenters. The molecular formula is C16H16BrNO2. The molecule has 0 aromatic heterocycles. The second-order valence-electron chi connectivity index (χ2n) is 4.68. The molecule has 0 saturated carbocycles. The Kier molecular flexibility index (Phi) is 4.93. The minimum Gasteiger partial charge on any atom is -0.478 e. The third kappa shape index (κ3) is 3.92. The van der Waals surface area contributed by atoms with Crippen molar-refractivity contribution in [3.8, 4) is 0 Å². The predicted molar refractivity (Wildman–Crippen MR) is 82.8 cm³/mol. The number of carboxylic acid groups (broad SMARTS) is 1. The van der Waals surface area contributed by atoms with E-state index in [4.69, 9.17) is 5.11 Å². The van der Waals surface area contributed by atoms with Crippen LogP contribution in [0.15, 0.2) is 46.9 Å².